The number of rotatable bonds is 6. The van der Waals surface area contributed by atoms with E-state index in [-0.39, 0.29) is 17.9 Å². The molecule has 0 radical (unpaired) electrons. The molecule has 28 heavy (non-hydrogen) atoms. The minimum Gasteiger partial charge on any atom is -0.497 e. The number of anilines is 1. The summed E-state index contributed by atoms with van der Waals surface area (Å²) >= 11 is 1.63. The molecule has 1 unspecified atom stereocenters. The van der Waals surface area contributed by atoms with Crippen molar-refractivity contribution in [1.82, 2.24) is 4.90 Å². The molecule has 0 spiro atoms. The van der Waals surface area contributed by atoms with Crippen LogP contribution in [0.2, 0.25) is 0 Å². The number of hydrogen-bond acceptors (Lipinski definition) is 5. The van der Waals surface area contributed by atoms with E-state index in [4.69, 9.17) is 9.47 Å². The lowest BCUT2D eigenvalue weighted by atomic mass is 9.96. The molecule has 1 saturated heterocycles. The molecule has 2 aromatic rings. The van der Waals surface area contributed by atoms with Gasteiger partial charge in [0, 0.05) is 23.7 Å². The summed E-state index contributed by atoms with van der Waals surface area (Å²) in [5.41, 5.74) is 0.826. The topological polar surface area (TPSA) is 59.1 Å². The molecule has 1 atom stereocenters. The molecule has 1 aliphatic heterocycles. The van der Waals surface area contributed by atoms with Crippen LogP contribution in [0.5, 0.6) is 5.75 Å². The summed E-state index contributed by atoms with van der Waals surface area (Å²) < 4.78 is 10.4. The van der Waals surface area contributed by atoms with Crippen molar-refractivity contribution in [3.8, 4) is 5.75 Å². The second-order valence-electron chi connectivity index (χ2n) is 6.69. The second-order valence-corrected chi connectivity index (χ2v) is 7.72. The standard InChI is InChI=1S/C21H26N2O4S/c1-3-27-21(25)22-12-4-6-16(14-22)20(24)23(15-19-7-5-13-28-19)17-8-10-18(26-2)11-9-17/h5,7-11,13,16H,3-4,6,12,14-15H2,1-2H3. The Morgan fingerprint density at radius 1 is 1.25 bits per heavy atom. The van der Waals surface area contributed by atoms with Crippen molar-refractivity contribution in [3.05, 3.63) is 46.7 Å². The summed E-state index contributed by atoms with van der Waals surface area (Å²) in [6.45, 7) is 3.67. The summed E-state index contributed by atoms with van der Waals surface area (Å²) in [6, 6.07) is 11.5. The third-order valence-corrected chi connectivity index (χ3v) is 5.70. The molecule has 1 aromatic heterocycles. The Morgan fingerprint density at radius 2 is 2.04 bits per heavy atom. The number of piperidine rings is 1. The minimum absolute atomic E-state index is 0.0348. The molecule has 3 rings (SSSR count). The first kappa shape index (κ1) is 20.2. The highest BCUT2D eigenvalue weighted by atomic mass is 32.1. The predicted molar refractivity (Wildman–Crippen MR) is 110 cm³/mol. The van der Waals surface area contributed by atoms with Gasteiger partial charge in [-0.3, -0.25) is 4.79 Å². The molecule has 2 amide bonds. The monoisotopic (exact) mass is 402 g/mol. The highest BCUT2D eigenvalue weighted by Gasteiger charge is 2.32. The summed E-state index contributed by atoms with van der Waals surface area (Å²) in [5.74, 6) is 0.547. The normalized spacial score (nSPS) is 16.5. The first-order chi connectivity index (χ1) is 13.6. The van der Waals surface area contributed by atoms with Crippen molar-refractivity contribution in [2.24, 2.45) is 5.92 Å². The van der Waals surface area contributed by atoms with Crippen LogP contribution in [0.3, 0.4) is 0 Å². The van der Waals surface area contributed by atoms with Gasteiger partial charge in [0.05, 0.1) is 26.2 Å². The molecule has 1 fully saturated rings. The lowest BCUT2D eigenvalue weighted by Gasteiger charge is -2.34. The van der Waals surface area contributed by atoms with E-state index in [1.54, 1.807) is 30.3 Å². The van der Waals surface area contributed by atoms with Crippen LogP contribution in [0.25, 0.3) is 0 Å². The van der Waals surface area contributed by atoms with Crippen molar-refractivity contribution in [1.29, 1.82) is 0 Å². The number of ether oxygens (including phenoxy) is 2. The van der Waals surface area contributed by atoms with Crippen molar-refractivity contribution in [2.75, 3.05) is 31.7 Å². The van der Waals surface area contributed by atoms with Crippen molar-refractivity contribution >= 4 is 29.0 Å². The van der Waals surface area contributed by atoms with Crippen molar-refractivity contribution in [2.45, 2.75) is 26.3 Å². The second kappa shape index (κ2) is 9.59. The number of methoxy groups -OCH3 is 1. The maximum absolute atomic E-state index is 13.4. The minimum atomic E-state index is -0.339. The fraction of sp³-hybridized carbons (Fsp3) is 0.429. The number of carbonyl (C=O) groups is 2. The largest absolute Gasteiger partial charge is 0.497 e. The Kier molecular flexibility index (Phi) is 6.92. The SMILES string of the molecule is CCOC(=O)N1CCCC(C(=O)N(Cc2cccs2)c2ccc(OC)cc2)C1. The van der Waals surface area contributed by atoms with Crippen LogP contribution in [0.1, 0.15) is 24.6 Å². The van der Waals surface area contributed by atoms with Crippen LogP contribution >= 0.6 is 11.3 Å². The number of benzene rings is 1. The summed E-state index contributed by atoms with van der Waals surface area (Å²) in [7, 11) is 1.62. The molecule has 0 aliphatic carbocycles. The lowest BCUT2D eigenvalue weighted by Crippen LogP contribution is -2.46. The maximum atomic E-state index is 13.4. The van der Waals surface area contributed by atoms with Gasteiger partial charge in [-0.2, -0.15) is 0 Å². The fourth-order valence-corrected chi connectivity index (χ4v) is 4.09. The highest BCUT2D eigenvalue weighted by molar-refractivity contribution is 7.09. The van der Waals surface area contributed by atoms with Gasteiger partial charge in [-0.05, 0) is 55.5 Å². The van der Waals surface area contributed by atoms with Gasteiger partial charge in [0.1, 0.15) is 5.75 Å². The molecule has 6 nitrogen and oxygen atoms in total. The zero-order valence-corrected chi connectivity index (χ0v) is 17.1. The average Bonchev–Trinajstić information content (AvgIpc) is 3.25. The van der Waals surface area contributed by atoms with Crippen molar-refractivity contribution < 1.29 is 19.1 Å². The first-order valence-electron chi connectivity index (χ1n) is 9.52. The number of carbonyl (C=O) groups excluding carboxylic acids is 2. The van der Waals surface area contributed by atoms with E-state index in [0.717, 1.165) is 29.2 Å². The van der Waals surface area contributed by atoms with Crippen LogP contribution in [0.4, 0.5) is 10.5 Å². The third-order valence-electron chi connectivity index (χ3n) is 4.84. The van der Waals surface area contributed by atoms with Crippen molar-refractivity contribution in [3.63, 3.8) is 0 Å². The number of hydrogen-bond donors (Lipinski definition) is 0. The van der Waals surface area contributed by atoms with Crippen LogP contribution in [0.15, 0.2) is 41.8 Å². The Hall–Kier alpha value is -2.54. The van der Waals surface area contributed by atoms with Gasteiger partial charge in [-0.15, -0.1) is 11.3 Å². The summed E-state index contributed by atoms with van der Waals surface area (Å²) in [4.78, 5) is 30.1. The van der Waals surface area contributed by atoms with Gasteiger partial charge in [0.15, 0.2) is 0 Å². The van der Waals surface area contributed by atoms with Gasteiger partial charge in [0.2, 0.25) is 5.91 Å². The number of amides is 2. The van der Waals surface area contributed by atoms with Crippen LogP contribution < -0.4 is 9.64 Å². The zero-order valence-electron chi connectivity index (χ0n) is 16.3. The molecule has 0 N–H and O–H groups in total. The molecule has 2 heterocycles. The van der Waals surface area contributed by atoms with E-state index in [1.165, 1.54) is 0 Å². The molecular formula is C21H26N2O4S. The third kappa shape index (κ3) is 4.84. The summed E-state index contributed by atoms with van der Waals surface area (Å²) in [5, 5.41) is 2.01. The Morgan fingerprint density at radius 3 is 2.68 bits per heavy atom. The van der Waals surface area contributed by atoms with E-state index in [9.17, 15) is 9.59 Å². The van der Waals surface area contributed by atoms with E-state index >= 15 is 0 Å². The maximum Gasteiger partial charge on any atom is 0.409 e. The Bertz CT molecular complexity index is 776. The average molecular weight is 403 g/mol. The van der Waals surface area contributed by atoms with E-state index in [0.29, 0.717) is 26.2 Å². The molecule has 0 saturated carbocycles. The Labute approximate surface area is 169 Å². The van der Waals surface area contributed by atoms with E-state index in [1.807, 2.05) is 46.7 Å². The van der Waals surface area contributed by atoms with Crippen LogP contribution in [0, 0.1) is 5.92 Å². The number of nitrogens with zero attached hydrogens (tertiary/aromatic N) is 2. The highest BCUT2D eigenvalue weighted by Crippen LogP contribution is 2.27. The number of likely N-dealkylation sites (tertiary alicyclic amines) is 1. The first-order valence-corrected chi connectivity index (χ1v) is 10.4. The van der Waals surface area contributed by atoms with Gasteiger partial charge < -0.3 is 19.3 Å². The quantitative estimate of drug-likeness (QED) is 0.728. The van der Waals surface area contributed by atoms with E-state index in [2.05, 4.69) is 0 Å². The molecular weight excluding hydrogens is 376 g/mol. The predicted octanol–water partition coefficient (Wildman–Crippen LogP) is 4.16. The Balaban J connectivity index is 1.80. The zero-order chi connectivity index (χ0) is 19.9. The van der Waals surface area contributed by atoms with E-state index < -0.39 is 0 Å². The molecule has 150 valence electrons. The van der Waals surface area contributed by atoms with Crippen LogP contribution in [-0.2, 0) is 16.1 Å². The van der Waals surface area contributed by atoms with Gasteiger partial charge in [-0.25, -0.2) is 4.79 Å². The smallest absolute Gasteiger partial charge is 0.409 e. The lowest BCUT2D eigenvalue weighted by molar-refractivity contribution is -0.123. The van der Waals surface area contributed by atoms with Gasteiger partial charge in [-0.1, -0.05) is 6.07 Å². The van der Waals surface area contributed by atoms with Gasteiger partial charge >= 0.3 is 6.09 Å². The number of thiophene rings is 1. The van der Waals surface area contributed by atoms with Crippen LogP contribution in [-0.4, -0.2) is 43.7 Å². The summed E-state index contributed by atoms with van der Waals surface area (Å²) in [6.07, 6.45) is 1.23. The molecule has 1 aromatic carbocycles. The van der Waals surface area contributed by atoms with Gasteiger partial charge in [0.25, 0.3) is 0 Å². The molecule has 7 heteroatoms. The molecule has 1 aliphatic rings. The molecule has 0 bridgehead atoms. The fourth-order valence-electron chi connectivity index (χ4n) is 3.40.